The average Bonchev–Trinajstić information content (AvgIpc) is 3.80. The van der Waals surface area contributed by atoms with Gasteiger partial charge < -0.3 is 14.4 Å². The maximum absolute atomic E-state index is 12.6. The number of nitrogens with zero attached hydrogens (tertiary/aromatic N) is 3. The number of hydrogen-bond acceptors (Lipinski definition) is 6. The fourth-order valence-electron chi connectivity index (χ4n) is 7.07. The number of fused-ring (bicyclic) bond motifs is 2. The summed E-state index contributed by atoms with van der Waals surface area (Å²) in [6, 6.07) is 27.2. The van der Waals surface area contributed by atoms with Gasteiger partial charge in [0.25, 0.3) is 0 Å². The van der Waals surface area contributed by atoms with Crippen molar-refractivity contribution >= 4 is 50.9 Å². The van der Waals surface area contributed by atoms with Crippen LogP contribution in [0, 0.1) is 11.3 Å². The van der Waals surface area contributed by atoms with Crippen LogP contribution in [-0.2, 0) is 24.4 Å². The molecule has 0 saturated heterocycles. The Kier molecular flexibility index (Phi) is 13.3. The summed E-state index contributed by atoms with van der Waals surface area (Å²) in [5, 5.41) is 15.6. The molecular weight excluding hydrogens is 695 g/mol. The van der Waals surface area contributed by atoms with Crippen LogP contribution in [0.5, 0.6) is 5.75 Å². The van der Waals surface area contributed by atoms with Gasteiger partial charge in [0, 0.05) is 57.0 Å². The monoisotopic (exact) mass is 747 g/mol. The number of para-hydroxylation sites is 1. The molecule has 0 amide bonds. The van der Waals surface area contributed by atoms with E-state index in [1.54, 1.807) is 11.3 Å². The van der Waals surface area contributed by atoms with Gasteiger partial charge in [-0.25, -0.2) is 9.97 Å². The maximum atomic E-state index is 12.6. The molecule has 0 fully saturated rings. The summed E-state index contributed by atoms with van der Waals surface area (Å²) >= 11 is 3.52. The number of hydrogen-bond donors (Lipinski definition) is 1. The quantitative estimate of drug-likeness (QED) is 0.0619. The lowest BCUT2D eigenvalue weighted by molar-refractivity contribution is -0.146. The third-order valence-corrected chi connectivity index (χ3v) is 12.3. The van der Waals surface area contributed by atoms with Crippen molar-refractivity contribution in [3.05, 3.63) is 107 Å². The van der Waals surface area contributed by atoms with E-state index >= 15 is 0 Å². The Morgan fingerprint density at radius 3 is 2.42 bits per heavy atom. The molecular formula is C45H53N3O3S2. The molecule has 6 rings (SSSR count). The Bertz CT molecular complexity index is 2080. The van der Waals surface area contributed by atoms with Crippen molar-refractivity contribution in [3.63, 3.8) is 0 Å². The molecule has 0 saturated carbocycles. The summed E-state index contributed by atoms with van der Waals surface area (Å²) in [4.78, 5) is 23.1. The lowest BCUT2D eigenvalue weighted by Gasteiger charge is -2.22. The summed E-state index contributed by atoms with van der Waals surface area (Å²) in [5.74, 6) is 1.75. The van der Waals surface area contributed by atoms with E-state index < -0.39 is 11.4 Å². The third kappa shape index (κ3) is 9.89. The van der Waals surface area contributed by atoms with Crippen LogP contribution in [0.1, 0.15) is 96.0 Å². The van der Waals surface area contributed by atoms with E-state index in [2.05, 4.69) is 71.9 Å². The molecule has 0 aliphatic carbocycles. The summed E-state index contributed by atoms with van der Waals surface area (Å²) in [5.41, 5.74) is 5.31. The fourth-order valence-corrected chi connectivity index (χ4v) is 8.90. The molecule has 0 spiro atoms. The molecule has 3 heterocycles. The van der Waals surface area contributed by atoms with E-state index in [0.717, 1.165) is 73.2 Å². The van der Waals surface area contributed by atoms with Gasteiger partial charge in [-0.3, -0.25) is 4.79 Å². The molecule has 0 aliphatic heterocycles. The molecule has 1 N–H and O–H groups in total. The van der Waals surface area contributed by atoms with E-state index in [1.807, 2.05) is 67.5 Å². The Morgan fingerprint density at radius 1 is 0.943 bits per heavy atom. The number of thioether (sulfide) groups is 1. The van der Waals surface area contributed by atoms with Crippen LogP contribution in [-0.4, -0.2) is 31.4 Å². The maximum Gasteiger partial charge on any atom is 0.309 e. The molecule has 0 aliphatic rings. The number of thiazole rings is 1. The van der Waals surface area contributed by atoms with E-state index in [9.17, 15) is 9.90 Å². The fraction of sp³-hybridized carbons (Fsp3) is 0.400. The molecule has 0 radical (unpaired) electrons. The van der Waals surface area contributed by atoms with Crippen LogP contribution in [0.3, 0.4) is 0 Å². The second-order valence-corrected chi connectivity index (χ2v) is 16.9. The van der Waals surface area contributed by atoms with Crippen molar-refractivity contribution in [2.75, 3.05) is 5.75 Å². The van der Waals surface area contributed by atoms with Gasteiger partial charge >= 0.3 is 5.97 Å². The molecule has 0 unspecified atom stereocenters. The molecule has 53 heavy (non-hydrogen) atoms. The van der Waals surface area contributed by atoms with Crippen molar-refractivity contribution in [2.45, 2.75) is 104 Å². The first-order valence-corrected chi connectivity index (χ1v) is 21.1. The van der Waals surface area contributed by atoms with Gasteiger partial charge in [-0.05, 0) is 74.3 Å². The van der Waals surface area contributed by atoms with Crippen LogP contribution in [0.15, 0.2) is 95.3 Å². The zero-order valence-corrected chi connectivity index (χ0v) is 33.3. The molecule has 8 heteroatoms. The Morgan fingerprint density at radius 2 is 1.70 bits per heavy atom. The predicted molar refractivity (Wildman–Crippen MR) is 222 cm³/mol. The topological polar surface area (TPSA) is 77.2 Å². The number of aromatic nitrogens is 3. The Labute approximate surface area is 323 Å². The summed E-state index contributed by atoms with van der Waals surface area (Å²) in [6.45, 7) is 9.25. The molecule has 0 bridgehead atoms. The zero-order chi connectivity index (χ0) is 37.2. The van der Waals surface area contributed by atoms with Crippen LogP contribution >= 0.6 is 23.1 Å². The zero-order valence-electron chi connectivity index (χ0n) is 31.6. The number of unbranched alkanes of at least 4 members (excludes halogenated alkanes) is 2. The number of carbonyl (C=O) groups is 1. The van der Waals surface area contributed by atoms with Gasteiger partial charge in [-0.15, -0.1) is 23.1 Å². The van der Waals surface area contributed by atoms with Gasteiger partial charge in [0.1, 0.15) is 17.4 Å². The van der Waals surface area contributed by atoms with Crippen molar-refractivity contribution in [2.24, 2.45) is 11.3 Å². The van der Waals surface area contributed by atoms with Gasteiger partial charge in [-0.2, -0.15) is 0 Å². The number of pyridine rings is 1. The van der Waals surface area contributed by atoms with Gasteiger partial charge in [0.2, 0.25) is 0 Å². The number of aliphatic carboxylic acids is 1. The first-order valence-electron chi connectivity index (χ1n) is 19.2. The number of carboxylic acids is 1. The highest BCUT2D eigenvalue weighted by Crippen LogP contribution is 2.41. The first-order chi connectivity index (χ1) is 25.8. The van der Waals surface area contributed by atoms with Gasteiger partial charge in [0.05, 0.1) is 16.6 Å². The van der Waals surface area contributed by atoms with Crippen LogP contribution in [0.4, 0.5) is 0 Å². The smallest absolute Gasteiger partial charge is 0.309 e. The van der Waals surface area contributed by atoms with E-state index in [4.69, 9.17) is 9.72 Å². The van der Waals surface area contributed by atoms with Crippen LogP contribution in [0.25, 0.3) is 32.4 Å². The standard InChI is InChI=1S/C45H53N3O3S2/c1-5-7-12-32(13-8-6-2)14-11-26-52-42-38-28-37(51-31-36-22-21-34-15-9-10-16-39(34)47-36)23-24-40(38)48(41(42)29-45(3,4)44(49)50)30-33-17-19-35(20-18-33)43-46-25-27-53-43/h9-10,15-25,27-28,32H,5-8,11-14,26,29-31H2,1-4H3,(H,49,50). The molecule has 6 aromatic rings. The molecule has 0 atom stereocenters. The highest BCUT2D eigenvalue weighted by molar-refractivity contribution is 7.99. The minimum atomic E-state index is -0.942. The Balaban J connectivity index is 1.34. The van der Waals surface area contributed by atoms with Crippen molar-refractivity contribution in [1.82, 2.24) is 14.5 Å². The van der Waals surface area contributed by atoms with Crippen molar-refractivity contribution in [3.8, 4) is 16.3 Å². The second-order valence-electron chi connectivity index (χ2n) is 14.9. The normalized spacial score (nSPS) is 11.9. The molecule has 278 valence electrons. The van der Waals surface area contributed by atoms with E-state index in [1.165, 1.54) is 49.8 Å². The highest BCUT2D eigenvalue weighted by Gasteiger charge is 2.32. The van der Waals surface area contributed by atoms with Crippen LogP contribution in [0.2, 0.25) is 0 Å². The third-order valence-electron chi connectivity index (χ3n) is 10.2. The molecule has 3 aromatic heterocycles. The molecule has 3 aromatic carbocycles. The average molecular weight is 748 g/mol. The summed E-state index contributed by atoms with van der Waals surface area (Å²) in [6.07, 6.45) is 12.3. The lowest BCUT2D eigenvalue weighted by atomic mass is 9.88. The van der Waals surface area contributed by atoms with Crippen molar-refractivity contribution < 1.29 is 14.6 Å². The number of carboxylic acid groups (broad SMARTS) is 1. The van der Waals surface area contributed by atoms with E-state index in [-0.39, 0.29) is 0 Å². The first kappa shape index (κ1) is 38.6. The minimum Gasteiger partial charge on any atom is -0.487 e. The largest absolute Gasteiger partial charge is 0.487 e. The summed E-state index contributed by atoms with van der Waals surface area (Å²) in [7, 11) is 0. The van der Waals surface area contributed by atoms with Gasteiger partial charge in [-0.1, -0.05) is 101 Å². The number of rotatable bonds is 20. The number of ether oxygens (including phenoxy) is 1. The van der Waals surface area contributed by atoms with E-state index in [0.29, 0.717) is 19.6 Å². The Hall–Kier alpha value is -4.14. The van der Waals surface area contributed by atoms with Crippen LogP contribution < -0.4 is 4.74 Å². The highest BCUT2D eigenvalue weighted by atomic mass is 32.2. The lowest BCUT2D eigenvalue weighted by Crippen LogP contribution is -2.27. The minimum absolute atomic E-state index is 0.362. The number of benzene rings is 3. The van der Waals surface area contributed by atoms with Crippen molar-refractivity contribution in [1.29, 1.82) is 0 Å². The summed E-state index contributed by atoms with van der Waals surface area (Å²) < 4.78 is 8.76. The second kappa shape index (κ2) is 18.3. The van der Waals surface area contributed by atoms with Gasteiger partial charge in [0.15, 0.2) is 0 Å². The SMILES string of the molecule is CCCCC(CCCC)CCCSc1c(CC(C)(C)C(=O)O)n(Cc2ccc(-c3nccs3)cc2)c2ccc(OCc3ccc4ccccc4n3)cc12. The predicted octanol–water partition coefficient (Wildman–Crippen LogP) is 12.5. The molecule has 6 nitrogen and oxygen atoms in total.